The van der Waals surface area contributed by atoms with Crippen molar-refractivity contribution in [1.82, 2.24) is 10.2 Å². The average Bonchev–Trinajstić information content (AvgIpc) is 3.04. The van der Waals surface area contributed by atoms with Gasteiger partial charge in [0.05, 0.1) is 6.54 Å². The zero-order chi connectivity index (χ0) is 21.7. The van der Waals surface area contributed by atoms with E-state index < -0.39 is 17.7 Å². The number of β-amino-alcohol motifs (C(OH)–C–C–N with tert-alkyl or cyclic N) is 1. The number of ether oxygens (including phenoxy) is 1. The lowest BCUT2D eigenvalue weighted by atomic mass is 9.83. The average molecular weight is 416 g/mol. The van der Waals surface area contributed by atoms with Crippen LogP contribution in [-0.4, -0.2) is 41.2 Å². The summed E-state index contributed by atoms with van der Waals surface area (Å²) in [6, 6.07) is 27.3. The monoisotopic (exact) mass is 416 g/mol. The Morgan fingerprint density at radius 2 is 1.45 bits per heavy atom. The van der Waals surface area contributed by atoms with Crippen molar-refractivity contribution in [3.8, 4) is 5.75 Å². The molecule has 6 heteroatoms. The predicted molar refractivity (Wildman–Crippen MR) is 116 cm³/mol. The molecule has 158 valence electrons. The van der Waals surface area contributed by atoms with Crippen molar-refractivity contribution in [2.45, 2.75) is 18.1 Å². The topological polar surface area (TPSA) is 78.9 Å². The highest BCUT2D eigenvalue weighted by molar-refractivity contribution is 6.07. The summed E-state index contributed by atoms with van der Waals surface area (Å²) in [6.07, 6.45) is -0.701. The summed E-state index contributed by atoms with van der Waals surface area (Å²) in [5.74, 6) is 0.229. The zero-order valence-corrected chi connectivity index (χ0v) is 17.0. The molecule has 2 unspecified atom stereocenters. The maximum Gasteiger partial charge on any atom is 0.325 e. The molecule has 1 aliphatic heterocycles. The van der Waals surface area contributed by atoms with Crippen LogP contribution in [-0.2, 0) is 16.8 Å². The van der Waals surface area contributed by atoms with E-state index in [-0.39, 0.29) is 19.1 Å². The van der Waals surface area contributed by atoms with Gasteiger partial charge in [-0.25, -0.2) is 4.79 Å². The van der Waals surface area contributed by atoms with Crippen molar-refractivity contribution in [1.29, 1.82) is 0 Å². The molecule has 1 saturated heterocycles. The number of imide groups is 1. The fraction of sp³-hybridized carbons (Fsp3) is 0.200. The molecule has 1 aliphatic rings. The van der Waals surface area contributed by atoms with Gasteiger partial charge in [0.2, 0.25) is 0 Å². The van der Waals surface area contributed by atoms with Gasteiger partial charge in [0.1, 0.15) is 18.5 Å². The molecule has 3 aromatic carbocycles. The van der Waals surface area contributed by atoms with E-state index in [0.29, 0.717) is 17.7 Å². The fourth-order valence-corrected chi connectivity index (χ4v) is 3.81. The first-order valence-electron chi connectivity index (χ1n) is 10.2. The van der Waals surface area contributed by atoms with Crippen molar-refractivity contribution in [2.75, 3.05) is 13.2 Å². The van der Waals surface area contributed by atoms with Crippen molar-refractivity contribution in [2.24, 2.45) is 0 Å². The van der Waals surface area contributed by atoms with Gasteiger partial charge < -0.3 is 15.2 Å². The smallest absolute Gasteiger partial charge is 0.325 e. The van der Waals surface area contributed by atoms with Crippen LogP contribution in [0.25, 0.3) is 0 Å². The van der Waals surface area contributed by atoms with E-state index in [1.165, 1.54) is 0 Å². The minimum absolute atomic E-state index is 0.0297. The highest BCUT2D eigenvalue weighted by atomic mass is 16.5. The third kappa shape index (κ3) is 4.44. The second kappa shape index (κ2) is 9.02. The van der Waals surface area contributed by atoms with Gasteiger partial charge in [-0.1, -0.05) is 78.9 Å². The third-order valence-electron chi connectivity index (χ3n) is 5.33. The predicted octanol–water partition coefficient (Wildman–Crippen LogP) is 3.12. The maximum atomic E-state index is 13.5. The molecule has 0 spiro atoms. The summed E-state index contributed by atoms with van der Waals surface area (Å²) in [5.41, 5.74) is 0.407. The summed E-state index contributed by atoms with van der Waals surface area (Å²) in [4.78, 5) is 27.4. The number of amides is 3. The summed E-state index contributed by atoms with van der Waals surface area (Å²) >= 11 is 0. The van der Waals surface area contributed by atoms with Gasteiger partial charge in [0.15, 0.2) is 5.54 Å². The Hall–Kier alpha value is -3.64. The maximum absolute atomic E-state index is 13.5. The number of rotatable bonds is 8. The molecular weight excluding hydrogens is 392 g/mol. The van der Waals surface area contributed by atoms with Gasteiger partial charge >= 0.3 is 6.03 Å². The number of nitrogens with one attached hydrogen (secondary N) is 1. The molecule has 31 heavy (non-hydrogen) atoms. The lowest BCUT2D eigenvalue weighted by Gasteiger charge is -2.28. The first-order chi connectivity index (χ1) is 15.1. The number of carbonyl (C=O) groups is 2. The second-order valence-corrected chi connectivity index (χ2v) is 7.56. The quantitative estimate of drug-likeness (QED) is 0.553. The molecule has 1 fully saturated rings. The molecule has 3 amide bonds. The van der Waals surface area contributed by atoms with E-state index in [2.05, 4.69) is 5.32 Å². The Morgan fingerprint density at radius 1 is 0.871 bits per heavy atom. The molecular formula is C25H24N2O4. The van der Waals surface area contributed by atoms with Crippen LogP contribution in [0.1, 0.15) is 11.1 Å². The molecule has 0 aliphatic carbocycles. The van der Waals surface area contributed by atoms with E-state index in [9.17, 15) is 14.7 Å². The Labute approximate surface area is 181 Å². The number of urea groups is 1. The van der Waals surface area contributed by atoms with Gasteiger partial charge in [0.25, 0.3) is 5.91 Å². The number of benzene rings is 3. The number of para-hydroxylation sites is 1. The van der Waals surface area contributed by atoms with Gasteiger partial charge in [-0.2, -0.15) is 0 Å². The molecule has 0 bridgehead atoms. The van der Waals surface area contributed by atoms with Crippen LogP contribution in [0.15, 0.2) is 91.0 Å². The second-order valence-electron chi connectivity index (χ2n) is 7.56. The fourth-order valence-electron chi connectivity index (χ4n) is 3.81. The van der Waals surface area contributed by atoms with Crippen molar-refractivity contribution >= 4 is 11.9 Å². The van der Waals surface area contributed by atoms with Gasteiger partial charge in [0, 0.05) is 6.42 Å². The van der Waals surface area contributed by atoms with Crippen LogP contribution in [0.3, 0.4) is 0 Å². The highest BCUT2D eigenvalue weighted by Gasteiger charge is 2.52. The van der Waals surface area contributed by atoms with Gasteiger partial charge in [-0.05, 0) is 23.3 Å². The lowest BCUT2D eigenvalue weighted by Crippen LogP contribution is -2.46. The molecule has 2 atom stereocenters. The van der Waals surface area contributed by atoms with Crippen LogP contribution in [0.2, 0.25) is 0 Å². The summed E-state index contributed by atoms with van der Waals surface area (Å²) < 4.78 is 5.56. The van der Waals surface area contributed by atoms with E-state index in [1.807, 2.05) is 78.9 Å². The molecule has 3 aromatic rings. The van der Waals surface area contributed by atoms with Crippen LogP contribution < -0.4 is 10.1 Å². The molecule has 0 saturated carbocycles. The Morgan fingerprint density at radius 3 is 2.10 bits per heavy atom. The Bertz CT molecular complexity index is 1030. The van der Waals surface area contributed by atoms with E-state index in [4.69, 9.17) is 4.74 Å². The number of hydrogen-bond acceptors (Lipinski definition) is 4. The Kier molecular flexibility index (Phi) is 6.00. The highest BCUT2D eigenvalue weighted by Crippen LogP contribution is 2.33. The normalized spacial score (nSPS) is 19.2. The molecule has 4 rings (SSSR count). The minimum Gasteiger partial charge on any atom is -0.491 e. The summed E-state index contributed by atoms with van der Waals surface area (Å²) in [5, 5.41) is 13.3. The molecule has 2 N–H and O–H groups in total. The van der Waals surface area contributed by atoms with Crippen LogP contribution in [0.5, 0.6) is 5.75 Å². The molecule has 0 radical (unpaired) electrons. The van der Waals surface area contributed by atoms with Gasteiger partial charge in [-0.3, -0.25) is 9.69 Å². The van der Waals surface area contributed by atoms with Crippen LogP contribution in [0, 0.1) is 0 Å². The lowest BCUT2D eigenvalue weighted by molar-refractivity contribution is -0.132. The number of aliphatic hydroxyl groups excluding tert-OH is 1. The zero-order valence-electron chi connectivity index (χ0n) is 17.0. The first kappa shape index (κ1) is 20.6. The first-order valence-corrected chi connectivity index (χ1v) is 10.2. The van der Waals surface area contributed by atoms with E-state index in [1.54, 1.807) is 12.1 Å². The SMILES string of the molecule is O=C1NC(Cc2ccccc2)(c2ccccc2)C(=O)N1CC(O)COc1ccccc1. The van der Waals surface area contributed by atoms with E-state index in [0.717, 1.165) is 10.5 Å². The van der Waals surface area contributed by atoms with Crippen molar-refractivity contribution in [3.63, 3.8) is 0 Å². The largest absolute Gasteiger partial charge is 0.491 e. The number of carbonyl (C=O) groups excluding carboxylic acids is 2. The molecule has 1 heterocycles. The van der Waals surface area contributed by atoms with Crippen molar-refractivity contribution in [3.05, 3.63) is 102 Å². The summed E-state index contributed by atoms with van der Waals surface area (Å²) in [6.45, 7) is -0.182. The number of aliphatic hydroxyl groups is 1. The Balaban J connectivity index is 1.54. The van der Waals surface area contributed by atoms with Crippen molar-refractivity contribution < 1.29 is 19.4 Å². The third-order valence-corrected chi connectivity index (χ3v) is 5.33. The standard InChI is InChI=1S/C25H24N2O4/c28-21(18-31-22-14-8-3-9-15-22)17-27-23(29)25(26-24(27)30,20-12-6-2-7-13-20)16-19-10-4-1-5-11-19/h1-15,21,28H,16-18H2,(H,26,30). The van der Waals surface area contributed by atoms with Crippen LogP contribution >= 0.6 is 0 Å². The van der Waals surface area contributed by atoms with E-state index >= 15 is 0 Å². The minimum atomic E-state index is -1.22. The number of nitrogens with zero attached hydrogens (tertiary/aromatic N) is 1. The number of hydrogen-bond donors (Lipinski definition) is 2. The van der Waals surface area contributed by atoms with Gasteiger partial charge in [-0.15, -0.1) is 0 Å². The van der Waals surface area contributed by atoms with Crippen LogP contribution in [0.4, 0.5) is 4.79 Å². The molecule has 6 nitrogen and oxygen atoms in total. The molecule has 0 aromatic heterocycles. The summed E-state index contributed by atoms with van der Waals surface area (Å²) in [7, 11) is 0.